The third kappa shape index (κ3) is 2.62. The zero-order valence-corrected chi connectivity index (χ0v) is 13.6. The number of rotatable bonds is 2. The van der Waals surface area contributed by atoms with Gasteiger partial charge in [0.05, 0.1) is 12.1 Å². The summed E-state index contributed by atoms with van der Waals surface area (Å²) in [7, 11) is 0. The first kappa shape index (κ1) is 15.1. The number of carbonyl (C=O) groups excluding carboxylic acids is 1. The van der Waals surface area contributed by atoms with E-state index in [1.54, 1.807) is 12.4 Å². The fourth-order valence-corrected chi connectivity index (χ4v) is 4.09. The Bertz CT molecular complexity index is 759. The van der Waals surface area contributed by atoms with Gasteiger partial charge < -0.3 is 10.6 Å². The van der Waals surface area contributed by atoms with Crippen LogP contribution in [0, 0.1) is 0 Å². The van der Waals surface area contributed by atoms with Crippen molar-refractivity contribution in [2.75, 3.05) is 18.8 Å². The second-order valence-electron chi connectivity index (χ2n) is 6.84. The van der Waals surface area contributed by atoms with Crippen molar-refractivity contribution in [3.63, 3.8) is 0 Å². The Morgan fingerprint density at radius 1 is 1.33 bits per heavy atom. The fourth-order valence-electron chi connectivity index (χ4n) is 4.09. The number of piperidine rings is 1. The number of nitrogens with zero attached hydrogens (tertiary/aromatic N) is 4. The Morgan fingerprint density at radius 3 is 3.08 bits per heavy atom. The summed E-state index contributed by atoms with van der Waals surface area (Å²) < 4.78 is 0. The molecule has 1 atom stereocenters. The molecule has 1 fully saturated rings. The minimum atomic E-state index is -0.0464. The molecule has 6 nitrogen and oxygen atoms in total. The molecule has 1 amide bonds. The van der Waals surface area contributed by atoms with Gasteiger partial charge in [-0.15, -0.1) is 0 Å². The highest BCUT2D eigenvalue weighted by molar-refractivity contribution is 5.79. The molecule has 2 aromatic rings. The summed E-state index contributed by atoms with van der Waals surface area (Å²) in [5.74, 6) is 0.492. The van der Waals surface area contributed by atoms with Crippen LogP contribution in [0.1, 0.15) is 36.1 Å². The second-order valence-corrected chi connectivity index (χ2v) is 6.84. The van der Waals surface area contributed by atoms with E-state index in [9.17, 15) is 4.79 Å². The molecule has 1 aliphatic heterocycles. The SMILES string of the molecule is Nc1ncc2c(n1)C1(CCCN(C(=O)Cc3cccnc3)C1)CC2. The number of likely N-dealkylation sites (tertiary alicyclic amines) is 1. The predicted octanol–water partition coefficient (Wildman–Crippen LogP) is 1.50. The molecule has 124 valence electrons. The van der Waals surface area contributed by atoms with E-state index in [1.165, 1.54) is 5.56 Å². The van der Waals surface area contributed by atoms with Crippen molar-refractivity contribution in [1.82, 2.24) is 19.9 Å². The van der Waals surface area contributed by atoms with Gasteiger partial charge in [0.1, 0.15) is 0 Å². The number of hydrogen-bond donors (Lipinski definition) is 1. The average Bonchev–Trinajstić information content (AvgIpc) is 2.93. The van der Waals surface area contributed by atoms with Crippen molar-refractivity contribution >= 4 is 11.9 Å². The number of amides is 1. The van der Waals surface area contributed by atoms with E-state index < -0.39 is 0 Å². The molecule has 0 saturated carbocycles. The van der Waals surface area contributed by atoms with Crippen molar-refractivity contribution in [2.45, 2.75) is 37.5 Å². The number of pyridine rings is 1. The van der Waals surface area contributed by atoms with Crippen molar-refractivity contribution in [3.8, 4) is 0 Å². The van der Waals surface area contributed by atoms with E-state index in [-0.39, 0.29) is 11.3 Å². The molecule has 3 heterocycles. The van der Waals surface area contributed by atoms with Crippen LogP contribution in [-0.4, -0.2) is 38.8 Å². The van der Waals surface area contributed by atoms with E-state index >= 15 is 0 Å². The molecule has 2 aliphatic rings. The molecule has 4 rings (SSSR count). The van der Waals surface area contributed by atoms with E-state index in [2.05, 4.69) is 15.0 Å². The van der Waals surface area contributed by atoms with Crippen LogP contribution in [0.5, 0.6) is 0 Å². The summed E-state index contributed by atoms with van der Waals surface area (Å²) in [4.78, 5) is 27.5. The minimum absolute atomic E-state index is 0.0464. The van der Waals surface area contributed by atoms with Crippen molar-refractivity contribution in [2.24, 2.45) is 0 Å². The topological polar surface area (TPSA) is 85.0 Å². The number of aryl methyl sites for hydroxylation is 1. The first-order valence-corrected chi connectivity index (χ1v) is 8.45. The van der Waals surface area contributed by atoms with Crippen LogP contribution in [0.4, 0.5) is 5.95 Å². The van der Waals surface area contributed by atoms with Crippen molar-refractivity contribution < 1.29 is 4.79 Å². The number of nitrogen functional groups attached to an aromatic ring is 1. The molecule has 0 aromatic carbocycles. The van der Waals surface area contributed by atoms with E-state index in [1.807, 2.05) is 23.2 Å². The third-order valence-electron chi connectivity index (χ3n) is 5.27. The monoisotopic (exact) mass is 323 g/mol. The highest BCUT2D eigenvalue weighted by Crippen LogP contribution is 2.44. The first-order valence-electron chi connectivity index (χ1n) is 8.45. The lowest BCUT2D eigenvalue weighted by molar-refractivity contribution is -0.132. The molecule has 1 saturated heterocycles. The summed E-state index contributed by atoms with van der Waals surface area (Å²) in [6, 6.07) is 3.82. The van der Waals surface area contributed by atoms with E-state index in [4.69, 9.17) is 5.73 Å². The van der Waals surface area contributed by atoms with Gasteiger partial charge in [-0.1, -0.05) is 6.07 Å². The van der Waals surface area contributed by atoms with Gasteiger partial charge in [0, 0.05) is 37.1 Å². The summed E-state index contributed by atoms with van der Waals surface area (Å²) >= 11 is 0. The molecule has 24 heavy (non-hydrogen) atoms. The molecular weight excluding hydrogens is 302 g/mol. The third-order valence-corrected chi connectivity index (χ3v) is 5.27. The maximum Gasteiger partial charge on any atom is 0.227 e. The summed E-state index contributed by atoms with van der Waals surface area (Å²) in [5.41, 5.74) is 8.97. The molecule has 2 N–H and O–H groups in total. The summed E-state index contributed by atoms with van der Waals surface area (Å²) in [5, 5.41) is 0. The first-order chi connectivity index (χ1) is 11.7. The number of carbonyl (C=O) groups is 1. The van der Waals surface area contributed by atoms with Crippen LogP contribution >= 0.6 is 0 Å². The quantitative estimate of drug-likeness (QED) is 0.905. The van der Waals surface area contributed by atoms with Gasteiger partial charge in [-0.05, 0) is 42.9 Å². The fraction of sp³-hybridized carbons (Fsp3) is 0.444. The Kier molecular flexibility index (Phi) is 3.67. The lowest BCUT2D eigenvalue weighted by atomic mass is 9.77. The Balaban J connectivity index is 1.55. The van der Waals surface area contributed by atoms with Crippen LogP contribution in [0.3, 0.4) is 0 Å². The molecule has 0 radical (unpaired) electrons. The second kappa shape index (κ2) is 5.85. The largest absolute Gasteiger partial charge is 0.368 e. The molecule has 0 bridgehead atoms. The molecule has 6 heteroatoms. The Labute approximate surface area is 141 Å². The van der Waals surface area contributed by atoms with Crippen molar-refractivity contribution in [1.29, 1.82) is 0 Å². The Morgan fingerprint density at radius 2 is 2.25 bits per heavy atom. The van der Waals surface area contributed by atoms with Gasteiger partial charge in [-0.2, -0.15) is 0 Å². The molecule has 1 spiro atoms. The molecule has 2 aromatic heterocycles. The molecule has 1 unspecified atom stereocenters. The number of hydrogen-bond acceptors (Lipinski definition) is 5. The van der Waals surface area contributed by atoms with Crippen LogP contribution < -0.4 is 5.73 Å². The van der Waals surface area contributed by atoms with Crippen LogP contribution in [0.25, 0.3) is 0 Å². The zero-order valence-electron chi connectivity index (χ0n) is 13.6. The average molecular weight is 323 g/mol. The number of anilines is 1. The standard InChI is InChI=1S/C18H21N5O/c19-17-21-11-14-4-6-18(16(14)22-17)5-2-8-23(12-18)15(24)9-13-3-1-7-20-10-13/h1,3,7,10-11H,2,4-6,8-9,12H2,(H2,19,21,22). The predicted molar refractivity (Wildman–Crippen MR) is 90.2 cm³/mol. The van der Waals surface area contributed by atoms with Gasteiger partial charge in [0.15, 0.2) is 0 Å². The van der Waals surface area contributed by atoms with Crippen LogP contribution in [-0.2, 0) is 23.1 Å². The normalized spacial score (nSPS) is 22.6. The van der Waals surface area contributed by atoms with Gasteiger partial charge in [0.2, 0.25) is 11.9 Å². The summed E-state index contributed by atoms with van der Waals surface area (Å²) in [6.07, 6.45) is 9.80. The number of aromatic nitrogens is 3. The number of fused-ring (bicyclic) bond motifs is 2. The maximum absolute atomic E-state index is 12.7. The highest BCUT2D eigenvalue weighted by atomic mass is 16.2. The van der Waals surface area contributed by atoms with Crippen LogP contribution in [0.2, 0.25) is 0 Å². The Hall–Kier alpha value is -2.50. The lowest BCUT2D eigenvalue weighted by Crippen LogP contribution is -2.48. The van der Waals surface area contributed by atoms with Crippen LogP contribution in [0.15, 0.2) is 30.7 Å². The summed E-state index contributed by atoms with van der Waals surface area (Å²) in [6.45, 7) is 1.55. The minimum Gasteiger partial charge on any atom is -0.368 e. The van der Waals surface area contributed by atoms with Gasteiger partial charge >= 0.3 is 0 Å². The maximum atomic E-state index is 12.7. The number of nitrogens with two attached hydrogens (primary N) is 1. The van der Waals surface area contributed by atoms with Crippen molar-refractivity contribution in [3.05, 3.63) is 47.5 Å². The highest BCUT2D eigenvalue weighted by Gasteiger charge is 2.44. The van der Waals surface area contributed by atoms with Gasteiger partial charge in [0.25, 0.3) is 0 Å². The molecule has 1 aliphatic carbocycles. The van der Waals surface area contributed by atoms with Gasteiger partial charge in [-0.3, -0.25) is 9.78 Å². The van der Waals surface area contributed by atoms with E-state index in [0.717, 1.165) is 50.0 Å². The lowest BCUT2D eigenvalue weighted by Gasteiger charge is -2.40. The van der Waals surface area contributed by atoms with Gasteiger partial charge in [-0.25, -0.2) is 9.97 Å². The zero-order chi connectivity index (χ0) is 16.6. The van der Waals surface area contributed by atoms with E-state index in [0.29, 0.717) is 12.4 Å². The molecular formula is C18H21N5O. The smallest absolute Gasteiger partial charge is 0.227 e.